The minimum Gasteiger partial charge on any atom is -0.392 e. The van der Waals surface area contributed by atoms with Gasteiger partial charge >= 0.3 is 0 Å². The molecule has 0 fully saturated rings. The van der Waals surface area contributed by atoms with E-state index in [0.29, 0.717) is 6.35 Å². The SMILES string of the molecule is CCP(CO)CCCP(CO)CO. The molecule has 0 rings (SSSR count). The normalized spacial score (nSPS) is 13.6. The molecule has 0 spiro atoms. The molecule has 0 amide bonds. The molecule has 0 radical (unpaired) electrons. The van der Waals surface area contributed by atoms with Crippen LogP contribution in [0.25, 0.3) is 0 Å². The maximum Gasteiger partial charge on any atom is 0.0646 e. The second kappa shape index (κ2) is 9.30. The molecule has 3 N–H and O–H groups in total. The number of rotatable bonds is 8. The number of hydrogen-bond donors (Lipinski definition) is 3. The molecule has 0 saturated carbocycles. The van der Waals surface area contributed by atoms with Crippen molar-refractivity contribution in [2.75, 3.05) is 37.5 Å². The van der Waals surface area contributed by atoms with E-state index in [9.17, 15) is 0 Å². The predicted molar refractivity (Wildman–Crippen MR) is 60.0 cm³/mol. The van der Waals surface area contributed by atoms with E-state index in [2.05, 4.69) is 6.92 Å². The highest BCUT2D eigenvalue weighted by Crippen LogP contribution is 2.38. The predicted octanol–water partition coefficient (Wildman–Crippen LogP) is 1.21. The summed E-state index contributed by atoms with van der Waals surface area (Å²) in [6.45, 7) is 2.10. The Morgan fingerprint density at radius 1 is 0.846 bits per heavy atom. The molecule has 0 aliphatic rings. The van der Waals surface area contributed by atoms with E-state index in [1.54, 1.807) is 0 Å². The zero-order valence-electron chi connectivity index (χ0n) is 8.19. The molecule has 3 nitrogen and oxygen atoms in total. The average Bonchev–Trinajstić information content (AvgIpc) is 2.19. The fourth-order valence-electron chi connectivity index (χ4n) is 1.03. The first kappa shape index (κ1) is 13.7. The molecule has 0 aromatic heterocycles. The van der Waals surface area contributed by atoms with E-state index in [1.165, 1.54) is 0 Å². The van der Waals surface area contributed by atoms with Gasteiger partial charge in [0.2, 0.25) is 0 Å². The van der Waals surface area contributed by atoms with Crippen LogP contribution >= 0.6 is 15.8 Å². The van der Waals surface area contributed by atoms with Gasteiger partial charge in [0.15, 0.2) is 0 Å². The van der Waals surface area contributed by atoms with E-state index in [0.717, 1.165) is 24.9 Å². The first-order valence-corrected chi connectivity index (χ1v) is 8.35. The summed E-state index contributed by atoms with van der Waals surface area (Å²) >= 11 is 0. The molecule has 1 atom stereocenters. The molecule has 80 valence electrons. The Morgan fingerprint density at radius 2 is 1.31 bits per heavy atom. The van der Waals surface area contributed by atoms with Gasteiger partial charge < -0.3 is 15.3 Å². The highest BCUT2D eigenvalue weighted by molar-refractivity contribution is 7.58. The number of aliphatic hydroxyl groups is 3. The maximum absolute atomic E-state index is 8.94. The Hall–Kier alpha value is 0.740. The lowest BCUT2D eigenvalue weighted by atomic mass is 10.6. The van der Waals surface area contributed by atoms with Crippen LogP contribution in [0.2, 0.25) is 0 Å². The molecule has 0 saturated heterocycles. The molecule has 1 unspecified atom stereocenters. The van der Waals surface area contributed by atoms with Crippen LogP contribution in [-0.4, -0.2) is 52.8 Å². The second-order valence-electron chi connectivity index (χ2n) is 2.88. The third-order valence-corrected chi connectivity index (χ3v) is 5.99. The molecule has 13 heavy (non-hydrogen) atoms. The summed E-state index contributed by atoms with van der Waals surface area (Å²) in [6, 6.07) is 0. The van der Waals surface area contributed by atoms with Crippen molar-refractivity contribution in [3.8, 4) is 0 Å². The molecule has 5 heteroatoms. The average molecular weight is 226 g/mol. The van der Waals surface area contributed by atoms with E-state index >= 15 is 0 Å². The summed E-state index contributed by atoms with van der Waals surface area (Å²) in [5, 5.41) is 26.6. The van der Waals surface area contributed by atoms with Crippen molar-refractivity contribution in [3.63, 3.8) is 0 Å². The molecular formula is C8H20O3P2. The zero-order chi connectivity index (χ0) is 10.1. The number of hydrogen-bond acceptors (Lipinski definition) is 3. The lowest BCUT2D eigenvalue weighted by molar-refractivity contribution is 0.343. The molecule has 0 heterocycles. The first-order valence-electron chi connectivity index (χ1n) is 4.55. The Kier molecular flexibility index (Phi) is 9.83. The largest absolute Gasteiger partial charge is 0.392 e. The third kappa shape index (κ3) is 6.76. The summed E-state index contributed by atoms with van der Waals surface area (Å²) < 4.78 is 0. The topological polar surface area (TPSA) is 60.7 Å². The van der Waals surface area contributed by atoms with Crippen LogP contribution in [0.15, 0.2) is 0 Å². The summed E-state index contributed by atoms with van der Waals surface area (Å²) in [5.74, 6) is 0. The van der Waals surface area contributed by atoms with E-state index in [4.69, 9.17) is 15.3 Å². The maximum atomic E-state index is 8.94. The van der Waals surface area contributed by atoms with Gasteiger partial charge in [-0.25, -0.2) is 0 Å². The molecule has 0 aliphatic heterocycles. The van der Waals surface area contributed by atoms with Gasteiger partial charge in [0.1, 0.15) is 0 Å². The van der Waals surface area contributed by atoms with Gasteiger partial charge in [-0.05, 0) is 24.9 Å². The van der Waals surface area contributed by atoms with Crippen molar-refractivity contribution in [2.24, 2.45) is 0 Å². The molecule has 0 aromatic rings. The van der Waals surface area contributed by atoms with Gasteiger partial charge in [0.05, 0.1) is 19.0 Å². The fraction of sp³-hybridized carbons (Fsp3) is 1.00. The fourth-order valence-corrected chi connectivity index (χ4v) is 3.52. The van der Waals surface area contributed by atoms with Crippen molar-refractivity contribution in [1.29, 1.82) is 0 Å². The van der Waals surface area contributed by atoms with Crippen LogP contribution < -0.4 is 0 Å². The second-order valence-corrected chi connectivity index (χ2v) is 7.94. The van der Waals surface area contributed by atoms with Crippen molar-refractivity contribution in [2.45, 2.75) is 13.3 Å². The first-order chi connectivity index (χ1) is 6.28. The Morgan fingerprint density at radius 3 is 1.69 bits per heavy atom. The van der Waals surface area contributed by atoms with E-state index in [1.807, 2.05) is 0 Å². The van der Waals surface area contributed by atoms with Gasteiger partial charge in [-0.3, -0.25) is 0 Å². The molecule has 0 bridgehead atoms. The molecule has 0 aliphatic carbocycles. The lowest BCUT2D eigenvalue weighted by Gasteiger charge is -2.15. The minimum atomic E-state index is -0.557. The van der Waals surface area contributed by atoms with Gasteiger partial charge in [-0.2, -0.15) is 0 Å². The van der Waals surface area contributed by atoms with Crippen LogP contribution in [0.5, 0.6) is 0 Å². The summed E-state index contributed by atoms with van der Waals surface area (Å²) in [7, 11) is -0.751. The third-order valence-electron chi connectivity index (χ3n) is 2.00. The molecule has 0 aromatic carbocycles. The minimum absolute atomic E-state index is 0.134. The monoisotopic (exact) mass is 226 g/mol. The van der Waals surface area contributed by atoms with Gasteiger partial charge in [-0.15, -0.1) is 0 Å². The zero-order valence-corrected chi connectivity index (χ0v) is 9.97. The van der Waals surface area contributed by atoms with Crippen molar-refractivity contribution in [3.05, 3.63) is 0 Å². The van der Waals surface area contributed by atoms with Crippen LogP contribution in [0.4, 0.5) is 0 Å². The van der Waals surface area contributed by atoms with E-state index in [-0.39, 0.29) is 20.6 Å². The number of aliphatic hydroxyl groups excluding tert-OH is 3. The van der Waals surface area contributed by atoms with Gasteiger partial charge in [0.25, 0.3) is 0 Å². The summed E-state index contributed by atoms with van der Waals surface area (Å²) in [5.41, 5.74) is 0. The summed E-state index contributed by atoms with van der Waals surface area (Å²) in [6.07, 6.45) is 4.70. The highest BCUT2D eigenvalue weighted by atomic mass is 31.1. The highest BCUT2D eigenvalue weighted by Gasteiger charge is 2.07. The van der Waals surface area contributed by atoms with Crippen LogP contribution in [-0.2, 0) is 0 Å². The smallest absolute Gasteiger partial charge is 0.0646 e. The van der Waals surface area contributed by atoms with Gasteiger partial charge in [-0.1, -0.05) is 22.8 Å². The van der Waals surface area contributed by atoms with Crippen molar-refractivity contribution < 1.29 is 15.3 Å². The Balaban J connectivity index is 3.41. The quantitative estimate of drug-likeness (QED) is 0.545. The van der Waals surface area contributed by atoms with Crippen LogP contribution in [0, 0.1) is 0 Å². The van der Waals surface area contributed by atoms with Crippen LogP contribution in [0.3, 0.4) is 0 Å². The summed E-state index contributed by atoms with van der Waals surface area (Å²) in [4.78, 5) is 0. The van der Waals surface area contributed by atoms with Crippen LogP contribution in [0.1, 0.15) is 13.3 Å². The Labute approximate surface area is 82.7 Å². The molecular weight excluding hydrogens is 206 g/mol. The Bertz CT molecular complexity index is 93.6. The van der Waals surface area contributed by atoms with Crippen molar-refractivity contribution >= 4 is 15.8 Å². The van der Waals surface area contributed by atoms with E-state index < -0.39 is 7.92 Å². The lowest BCUT2D eigenvalue weighted by Crippen LogP contribution is -1.98. The standard InChI is InChI=1S/C8H20O3P2/c1-2-12(6-9)4-3-5-13(7-10)8-11/h9-11H,2-8H2,1H3. The van der Waals surface area contributed by atoms with Gasteiger partial charge in [0, 0.05) is 0 Å². The van der Waals surface area contributed by atoms with Crippen molar-refractivity contribution in [1.82, 2.24) is 0 Å².